The molecule has 0 aliphatic carbocycles. The molecule has 0 atom stereocenters. The summed E-state index contributed by atoms with van der Waals surface area (Å²) in [5, 5.41) is 10.1. The van der Waals surface area contributed by atoms with E-state index < -0.39 is 37.5 Å². The Labute approximate surface area is 209 Å². The second-order valence-corrected chi connectivity index (χ2v) is 5.84. The van der Waals surface area contributed by atoms with Crippen molar-refractivity contribution in [3.63, 3.8) is 0 Å². The van der Waals surface area contributed by atoms with E-state index in [9.17, 15) is 18.4 Å². The van der Waals surface area contributed by atoms with E-state index in [0.717, 1.165) is 12.1 Å². The number of rotatable bonds is 2. The Hall–Kier alpha value is -0.820. The SMILES string of the molecule is Cl.O=C(O)c1ccc(Br)cc1F.[2H]C([2H])([2H])N.[2H]C([2H])([2H])NC(=O)c1ccc(Br)cc1F.[2H]CI. The second kappa shape index (κ2) is 18.2. The maximum atomic E-state index is 13.2. The lowest BCUT2D eigenvalue weighted by Crippen LogP contribution is -2.19. The summed E-state index contributed by atoms with van der Waals surface area (Å²) < 4.78 is 71.6. The van der Waals surface area contributed by atoms with Crippen LogP contribution in [0.3, 0.4) is 0 Å². The van der Waals surface area contributed by atoms with Crippen molar-refractivity contribution in [1.82, 2.24) is 5.32 Å². The van der Waals surface area contributed by atoms with Gasteiger partial charge in [-0.15, -0.1) is 12.4 Å². The van der Waals surface area contributed by atoms with E-state index in [2.05, 4.69) is 37.6 Å². The number of nitrogens with one attached hydrogen (secondary N) is 1. The normalized spacial score (nSPS) is 12.9. The zero-order chi connectivity index (χ0) is 27.3. The standard InChI is InChI=1S/C8H7BrFNO.C7H4BrFO2.CH3I.CH5N.ClH/c1-11-8(12)6-3-2-5(9)4-7(6)10;8-4-1-2-5(7(10)11)6(9)3-4;2*1-2;/h2-4H,1H3,(H,11,12);1-3H,(H,10,11);1H3;2H2,1H3;1H/i1D3;;1D;1D3;. The Kier molecular flexibility index (Phi) is 12.5. The van der Waals surface area contributed by atoms with Gasteiger partial charge in [0.2, 0.25) is 0 Å². The number of benzene rings is 2. The summed E-state index contributed by atoms with van der Waals surface area (Å²) in [6.45, 7) is -4.86. The lowest BCUT2D eigenvalue weighted by molar-refractivity contribution is 0.0691. The molecule has 0 bridgehead atoms. The number of hydrogen-bond donors (Lipinski definition) is 3. The van der Waals surface area contributed by atoms with Gasteiger partial charge in [0, 0.05) is 25.5 Å². The first-order valence-electron chi connectivity index (χ1n) is 10.1. The fraction of sp³-hybridized carbons (Fsp3) is 0.176. The quantitative estimate of drug-likeness (QED) is 0.300. The number of aromatic carboxylic acids is 1. The largest absolute Gasteiger partial charge is 0.478 e. The van der Waals surface area contributed by atoms with Crippen LogP contribution in [0.5, 0.6) is 0 Å². The van der Waals surface area contributed by atoms with E-state index in [1.54, 1.807) is 5.32 Å². The first kappa shape index (κ1) is 19.2. The Morgan fingerprint density at radius 2 is 1.50 bits per heavy atom. The molecular formula is C17H20Br2ClF2IN2O3. The molecule has 11 heteroatoms. The van der Waals surface area contributed by atoms with Gasteiger partial charge >= 0.3 is 5.97 Å². The highest BCUT2D eigenvalue weighted by Crippen LogP contribution is 2.15. The molecule has 0 saturated heterocycles. The van der Waals surface area contributed by atoms with Gasteiger partial charge in [-0.05, 0) is 48.3 Å². The number of carboxylic acids is 1. The first-order valence-corrected chi connectivity index (χ1v) is 9.53. The van der Waals surface area contributed by atoms with Gasteiger partial charge in [0.15, 0.2) is 0 Å². The highest BCUT2D eigenvalue weighted by atomic mass is 127. The summed E-state index contributed by atoms with van der Waals surface area (Å²) in [6, 6.07) is 7.56. The van der Waals surface area contributed by atoms with E-state index in [1.165, 1.54) is 24.3 Å². The Balaban J connectivity index is -0.000000449. The van der Waals surface area contributed by atoms with Gasteiger partial charge in [0.1, 0.15) is 11.6 Å². The summed E-state index contributed by atoms with van der Waals surface area (Å²) >= 11 is 7.99. The summed E-state index contributed by atoms with van der Waals surface area (Å²) in [5.74, 6) is -3.71. The number of nitrogens with two attached hydrogens (primary N) is 1. The molecule has 0 unspecified atom stereocenters. The molecule has 0 fully saturated rings. The smallest absolute Gasteiger partial charge is 0.338 e. The maximum absolute atomic E-state index is 13.2. The molecule has 0 aromatic heterocycles. The Bertz CT molecular complexity index is 953. The molecule has 0 aliphatic rings. The monoisotopic (exact) mass is 665 g/mol. The van der Waals surface area contributed by atoms with Crippen LogP contribution in [-0.4, -0.2) is 35.8 Å². The fourth-order valence-electron chi connectivity index (χ4n) is 1.40. The highest BCUT2D eigenvalue weighted by Gasteiger charge is 2.09. The third-order valence-corrected chi connectivity index (χ3v) is 3.44. The van der Waals surface area contributed by atoms with Crippen LogP contribution < -0.4 is 11.1 Å². The number of carbonyl (C=O) groups excluding carboxylic acids is 1. The third-order valence-electron chi connectivity index (χ3n) is 2.45. The van der Waals surface area contributed by atoms with Crippen LogP contribution in [0.1, 0.15) is 30.3 Å². The Morgan fingerprint density at radius 3 is 1.82 bits per heavy atom. The number of alkyl halides is 1. The molecule has 1 amide bonds. The van der Waals surface area contributed by atoms with Crippen molar-refractivity contribution >= 4 is 78.7 Å². The number of carbonyl (C=O) groups is 2. The molecule has 2 rings (SSSR count). The average molecular weight is 668 g/mol. The molecule has 4 N–H and O–H groups in total. The first-order chi connectivity index (χ1) is 15.3. The lowest BCUT2D eigenvalue weighted by atomic mass is 10.2. The predicted octanol–water partition coefficient (Wildman–Crippen LogP) is 5.28. The van der Waals surface area contributed by atoms with Gasteiger partial charge in [-0.1, -0.05) is 54.5 Å². The molecule has 158 valence electrons. The molecule has 2 aromatic rings. The molecule has 0 heterocycles. The minimum Gasteiger partial charge on any atom is -0.478 e. The van der Waals surface area contributed by atoms with Crippen molar-refractivity contribution in [2.45, 2.75) is 0 Å². The van der Waals surface area contributed by atoms with Crippen LogP contribution in [0.2, 0.25) is 0 Å². The van der Waals surface area contributed by atoms with Gasteiger partial charge in [-0.3, -0.25) is 4.79 Å². The lowest BCUT2D eigenvalue weighted by Gasteiger charge is -2.00. The zero-order valence-electron chi connectivity index (χ0n) is 20.8. The van der Waals surface area contributed by atoms with Crippen molar-refractivity contribution in [1.29, 1.82) is 0 Å². The molecule has 0 spiro atoms. The van der Waals surface area contributed by atoms with Gasteiger partial charge in [-0.2, -0.15) is 0 Å². The third kappa shape index (κ3) is 11.9. The van der Waals surface area contributed by atoms with E-state index in [1.807, 2.05) is 22.6 Å². The minimum atomic E-state index is -2.61. The summed E-state index contributed by atoms with van der Waals surface area (Å²) in [4.78, 5) is 22.0. The van der Waals surface area contributed by atoms with Crippen LogP contribution >= 0.6 is 66.9 Å². The molecule has 5 nitrogen and oxygen atoms in total. The number of amides is 1. The topological polar surface area (TPSA) is 92.4 Å². The number of halogens is 6. The van der Waals surface area contributed by atoms with Crippen molar-refractivity contribution in [2.75, 3.05) is 18.9 Å². The average Bonchev–Trinajstić information content (AvgIpc) is 2.59. The van der Waals surface area contributed by atoms with Gasteiger partial charge in [-0.25, -0.2) is 13.6 Å². The molecular weight excluding hydrogens is 640 g/mol. The van der Waals surface area contributed by atoms with Crippen molar-refractivity contribution in [3.8, 4) is 0 Å². The number of hydrogen-bond acceptors (Lipinski definition) is 3. The van der Waals surface area contributed by atoms with Gasteiger partial charge in [0.25, 0.3) is 5.91 Å². The van der Waals surface area contributed by atoms with Gasteiger partial charge in [0.05, 0.1) is 11.1 Å². The van der Waals surface area contributed by atoms with Crippen LogP contribution in [0.4, 0.5) is 8.78 Å². The summed E-state index contributed by atoms with van der Waals surface area (Å²) in [6.07, 6.45) is 0. The highest BCUT2D eigenvalue weighted by molar-refractivity contribution is 14.1. The van der Waals surface area contributed by atoms with Crippen LogP contribution in [0.15, 0.2) is 45.3 Å². The van der Waals surface area contributed by atoms with Crippen LogP contribution in [0, 0.1) is 11.6 Å². The van der Waals surface area contributed by atoms with Crippen molar-refractivity contribution < 1.29 is 33.1 Å². The zero-order valence-corrected chi connectivity index (χ0v) is 20.0. The van der Waals surface area contributed by atoms with Crippen molar-refractivity contribution in [3.05, 3.63) is 68.1 Å². The fourth-order valence-corrected chi connectivity index (χ4v) is 2.07. The molecule has 0 aliphatic heterocycles. The second-order valence-electron chi connectivity index (χ2n) is 4.01. The van der Waals surface area contributed by atoms with Crippen LogP contribution in [0.25, 0.3) is 0 Å². The Morgan fingerprint density at radius 1 is 1.11 bits per heavy atom. The van der Waals surface area contributed by atoms with Crippen LogP contribution in [-0.2, 0) is 0 Å². The molecule has 0 radical (unpaired) electrons. The van der Waals surface area contributed by atoms with Gasteiger partial charge < -0.3 is 16.2 Å². The van der Waals surface area contributed by atoms with E-state index in [0.29, 0.717) is 13.9 Å². The molecule has 28 heavy (non-hydrogen) atoms. The minimum absolute atomic E-state index is 0. The molecule has 0 saturated carbocycles. The molecule has 2 aromatic carbocycles. The van der Waals surface area contributed by atoms with Crippen molar-refractivity contribution in [2.24, 2.45) is 5.73 Å². The summed E-state index contributed by atoms with van der Waals surface area (Å²) in [7, 11) is 0. The van der Waals surface area contributed by atoms with E-state index in [-0.39, 0.29) is 23.5 Å². The predicted molar refractivity (Wildman–Crippen MR) is 126 cm³/mol. The van der Waals surface area contributed by atoms with E-state index in [4.69, 9.17) is 14.7 Å². The maximum Gasteiger partial charge on any atom is 0.338 e. The van der Waals surface area contributed by atoms with E-state index >= 15 is 0 Å². The number of carboxylic acid groups (broad SMARTS) is 1. The summed E-state index contributed by atoms with van der Waals surface area (Å²) in [5.41, 5.74) is 3.75.